The van der Waals surface area contributed by atoms with E-state index in [0.717, 1.165) is 17.3 Å². The van der Waals surface area contributed by atoms with Crippen LogP contribution in [0.1, 0.15) is 20.3 Å². The van der Waals surface area contributed by atoms with Gasteiger partial charge in [0.25, 0.3) is 5.56 Å². The molecule has 27 heavy (non-hydrogen) atoms. The van der Waals surface area contributed by atoms with Crippen molar-refractivity contribution in [1.82, 2.24) is 14.5 Å². The lowest BCUT2D eigenvalue weighted by Crippen LogP contribution is -2.23. The normalized spacial score (nSPS) is 12.6. The standard InChI is InChI=1S/C21H21N3O2S/c1-4-13(2)27-21-23-18-14-9-5-6-10-15(14)22-19(18)20(25)24(21)16-11-7-8-12-17(16)26-3/h5-13,22H,4H2,1-3H3. The number of benzene rings is 2. The van der Waals surface area contributed by atoms with Crippen molar-refractivity contribution in [3.8, 4) is 11.4 Å². The minimum atomic E-state index is -0.119. The number of aromatic amines is 1. The number of hydrogen-bond donors (Lipinski definition) is 1. The van der Waals surface area contributed by atoms with Crippen molar-refractivity contribution in [3.63, 3.8) is 0 Å². The molecule has 0 aliphatic rings. The molecule has 0 saturated carbocycles. The number of aromatic nitrogens is 3. The number of methoxy groups -OCH3 is 1. The number of para-hydroxylation sites is 3. The summed E-state index contributed by atoms with van der Waals surface area (Å²) in [7, 11) is 1.61. The predicted octanol–water partition coefficient (Wildman–Crippen LogP) is 4.77. The second-order valence-electron chi connectivity index (χ2n) is 6.44. The summed E-state index contributed by atoms with van der Waals surface area (Å²) in [5, 5.41) is 1.97. The summed E-state index contributed by atoms with van der Waals surface area (Å²) in [5.74, 6) is 0.642. The zero-order valence-electron chi connectivity index (χ0n) is 15.5. The van der Waals surface area contributed by atoms with Gasteiger partial charge in [-0.1, -0.05) is 55.9 Å². The molecule has 1 unspecified atom stereocenters. The zero-order chi connectivity index (χ0) is 19.0. The van der Waals surface area contributed by atoms with Crippen molar-refractivity contribution < 1.29 is 4.74 Å². The molecule has 4 aromatic rings. The minimum Gasteiger partial charge on any atom is -0.495 e. The monoisotopic (exact) mass is 379 g/mol. The highest BCUT2D eigenvalue weighted by Crippen LogP contribution is 2.31. The molecular formula is C21H21N3O2S. The van der Waals surface area contributed by atoms with Crippen molar-refractivity contribution in [2.75, 3.05) is 7.11 Å². The zero-order valence-corrected chi connectivity index (χ0v) is 16.3. The lowest BCUT2D eigenvalue weighted by molar-refractivity contribution is 0.411. The van der Waals surface area contributed by atoms with Gasteiger partial charge in [-0.3, -0.25) is 4.79 Å². The molecule has 0 bridgehead atoms. The Balaban J connectivity index is 2.09. The van der Waals surface area contributed by atoms with Gasteiger partial charge < -0.3 is 9.72 Å². The molecule has 6 heteroatoms. The first-order valence-electron chi connectivity index (χ1n) is 8.97. The lowest BCUT2D eigenvalue weighted by Gasteiger charge is -2.16. The number of hydrogen-bond acceptors (Lipinski definition) is 4. The van der Waals surface area contributed by atoms with Crippen LogP contribution in [0.25, 0.3) is 27.6 Å². The van der Waals surface area contributed by atoms with Crippen LogP contribution in [-0.2, 0) is 0 Å². The maximum Gasteiger partial charge on any atom is 0.283 e. The second-order valence-corrected chi connectivity index (χ2v) is 7.84. The lowest BCUT2D eigenvalue weighted by atomic mass is 10.2. The van der Waals surface area contributed by atoms with Crippen LogP contribution in [0.3, 0.4) is 0 Å². The van der Waals surface area contributed by atoms with Crippen LogP contribution in [0.15, 0.2) is 58.5 Å². The van der Waals surface area contributed by atoms with Gasteiger partial charge in [0.1, 0.15) is 16.8 Å². The van der Waals surface area contributed by atoms with Crippen molar-refractivity contribution in [1.29, 1.82) is 0 Å². The number of rotatable bonds is 5. The van der Waals surface area contributed by atoms with Crippen LogP contribution in [0.4, 0.5) is 0 Å². The van der Waals surface area contributed by atoms with Crippen LogP contribution in [0.2, 0.25) is 0 Å². The maximum absolute atomic E-state index is 13.5. The number of nitrogens with zero attached hydrogens (tertiary/aromatic N) is 2. The molecular weight excluding hydrogens is 358 g/mol. The first-order chi connectivity index (χ1) is 13.1. The molecule has 0 amide bonds. The van der Waals surface area contributed by atoms with E-state index in [9.17, 15) is 4.79 Å². The molecule has 1 N–H and O–H groups in total. The summed E-state index contributed by atoms with van der Waals surface area (Å²) in [6, 6.07) is 15.4. The summed E-state index contributed by atoms with van der Waals surface area (Å²) in [5.41, 5.74) is 2.72. The molecule has 0 spiro atoms. The van der Waals surface area contributed by atoms with Crippen LogP contribution >= 0.6 is 11.8 Å². The Bertz CT molecular complexity index is 1180. The fraction of sp³-hybridized carbons (Fsp3) is 0.238. The van der Waals surface area contributed by atoms with Gasteiger partial charge in [0.05, 0.1) is 12.8 Å². The average Bonchev–Trinajstić information content (AvgIpc) is 3.07. The molecule has 2 aromatic carbocycles. The van der Waals surface area contributed by atoms with E-state index in [1.165, 1.54) is 0 Å². The fourth-order valence-corrected chi connectivity index (χ4v) is 4.07. The maximum atomic E-state index is 13.5. The molecule has 1 atom stereocenters. The fourth-order valence-electron chi connectivity index (χ4n) is 3.11. The Hall–Kier alpha value is -2.73. The van der Waals surface area contributed by atoms with Crippen LogP contribution in [-0.4, -0.2) is 26.9 Å². The van der Waals surface area contributed by atoms with E-state index in [1.807, 2.05) is 48.5 Å². The van der Waals surface area contributed by atoms with Crippen LogP contribution in [0, 0.1) is 0 Å². The highest BCUT2D eigenvalue weighted by atomic mass is 32.2. The molecule has 0 saturated heterocycles. The summed E-state index contributed by atoms with van der Waals surface area (Å²) >= 11 is 1.61. The molecule has 4 rings (SSSR count). The summed E-state index contributed by atoms with van der Waals surface area (Å²) < 4.78 is 7.17. The first kappa shape index (κ1) is 17.7. The third-order valence-electron chi connectivity index (χ3n) is 4.70. The van der Waals surface area contributed by atoms with Gasteiger partial charge in [-0.05, 0) is 24.6 Å². The number of fused-ring (bicyclic) bond motifs is 3. The van der Waals surface area contributed by atoms with Crippen molar-refractivity contribution in [2.45, 2.75) is 30.7 Å². The van der Waals surface area contributed by atoms with E-state index in [-0.39, 0.29) is 5.56 Å². The van der Waals surface area contributed by atoms with Gasteiger partial charge in [-0.15, -0.1) is 0 Å². The Kier molecular flexibility index (Phi) is 4.66. The van der Waals surface area contributed by atoms with Gasteiger partial charge in [0.15, 0.2) is 5.16 Å². The number of H-pyrrole nitrogens is 1. The third kappa shape index (κ3) is 3.00. The largest absolute Gasteiger partial charge is 0.495 e. The van der Waals surface area contributed by atoms with Crippen LogP contribution < -0.4 is 10.3 Å². The van der Waals surface area contributed by atoms with Crippen LogP contribution in [0.5, 0.6) is 5.75 Å². The molecule has 0 aliphatic carbocycles. The van der Waals surface area contributed by atoms with E-state index in [2.05, 4.69) is 18.8 Å². The molecule has 0 fully saturated rings. The van der Waals surface area contributed by atoms with Gasteiger partial charge in [0, 0.05) is 16.2 Å². The topological polar surface area (TPSA) is 59.9 Å². The highest BCUT2D eigenvalue weighted by Gasteiger charge is 2.20. The summed E-state index contributed by atoms with van der Waals surface area (Å²) in [4.78, 5) is 21.6. The Morgan fingerprint density at radius 2 is 1.93 bits per heavy atom. The van der Waals surface area contributed by atoms with E-state index < -0.39 is 0 Å². The van der Waals surface area contributed by atoms with Gasteiger partial charge in [-0.2, -0.15) is 0 Å². The predicted molar refractivity (Wildman–Crippen MR) is 111 cm³/mol. The SMILES string of the molecule is CCC(C)Sc1nc2c([nH]c3ccccc32)c(=O)n1-c1ccccc1OC. The smallest absolute Gasteiger partial charge is 0.283 e. The molecule has 138 valence electrons. The molecule has 5 nitrogen and oxygen atoms in total. The van der Waals surface area contributed by atoms with Gasteiger partial charge in [0.2, 0.25) is 0 Å². The van der Waals surface area contributed by atoms with E-state index >= 15 is 0 Å². The quantitative estimate of drug-likeness (QED) is 0.401. The highest BCUT2D eigenvalue weighted by molar-refractivity contribution is 7.99. The molecule has 0 radical (unpaired) electrons. The van der Waals surface area contributed by atoms with Crippen molar-refractivity contribution >= 4 is 33.7 Å². The van der Waals surface area contributed by atoms with E-state index in [0.29, 0.717) is 32.9 Å². The molecule has 2 aromatic heterocycles. The minimum absolute atomic E-state index is 0.119. The first-order valence-corrected chi connectivity index (χ1v) is 9.85. The molecule has 0 aliphatic heterocycles. The third-order valence-corrected chi connectivity index (χ3v) is 5.92. The average molecular weight is 379 g/mol. The second kappa shape index (κ2) is 7.12. The van der Waals surface area contributed by atoms with Gasteiger partial charge >= 0.3 is 0 Å². The summed E-state index contributed by atoms with van der Waals surface area (Å²) in [6.07, 6.45) is 0.985. The Labute approximate surface area is 161 Å². The van der Waals surface area contributed by atoms with Gasteiger partial charge in [-0.25, -0.2) is 9.55 Å². The number of nitrogens with one attached hydrogen (secondary N) is 1. The number of ether oxygens (including phenoxy) is 1. The Morgan fingerprint density at radius 1 is 1.19 bits per heavy atom. The number of thioether (sulfide) groups is 1. The van der Waals surface area contributed by atoms with E-state index in [4.69, 9.17) is 9.72 Å². The van der Waals surface area contributed by atoms with E-state index in [1.54, 1.807) is 23.4 Å². The summed E-state index contributed by atoms with van der Waals surface area (Å²) in [6.45, 7) is 4.27. The van der Waals surface area contributed by atoms with Crippen molar-refractivity contribution in [2.24, 2.45) is 0 Å². The van der Waals surface area contributed by atoms with Crippen molar-refractivity contribution in [3.05, 3.63) is 58.9 Å². The molecule has 2 heterocycles. The Morgan fingerprint density at radius 3 is 2.70 bits per heavy atom.